The van der Waals surface area contributed by atoms with Crippen molar-refractivity contribution in [3.63, 3.8) is 0 Å². The molecule has 210 valence electrons. The Hall–Kier alpha value is -2.49. The van der Waals surface area contributed by atoms with Crippen molar-refractivity contribution >= 4 is 7.94 Å². The van der Waals surface area contributed by atoms with E-state index in [9.17, 15) is 26.3 Å². The summed E-state index contributed by atoms with van der Waals surface area (Å²) in [5.41, 5.74) is -5.80. The largest absolute Gasteiger partial charge is 0.435 e. The molecule has 0 saturated carbocycles. The van der Waals surface area contributed by atoms with Crippen molar-refractivity contribution in [3.8, 4) is 0 Å². The van der Waals surface area contributed by atoms with Gasteiger partial charge in [-0.15, -0.1) is 58.0 Å². The van der Waals surface area contributed by atoms with E-state index in [0.717, 1.165) is 24.3 Å². The molecule has 0 unspecified atom stereocenters. The van der Waals surface area contributed by atoms with Gasteiger partial charge in [0, 0.05) is 5.56 Å². The van der Waals surface area contributed by atoms with E-state index in [-0.39, 0.29) is 39.3 Å². The number of benzene rings is 1. The Balaban J connectivity index is 4.42. The first-order chi connectivity index (χ1) is 17.9. The lowest BCUT2D eigenvalue weighted by molar-refractivity contribution is -0.367. The van der Waals surface area contributed by atoms with Crippen LogP contribution in [0.4, 0.5) is 26.3 Å². The molecule has 1 aromatic carbocycles. The molecular weight excluding hydrogens is 527 g/mol. The van der Waals surface area contributed by atoms with E-state index in [2.05, 4.69) is 39.5 Å². The third-order valence-corrected chi connectivity index (χ3v) is 9.09. The van der Waals surface area contributed by atoms with E-state index in [4.69, 9.17) is 4.52 Å². The number of halogens is 6. The first-order valence-corrected chi connectivity index (χ1v) is 13.1. The van der Waals surface area contributed by atoms with Crippen LogP contribution in [0.25, 0.3) is 0 Å². The SMILES string of the molecule is C=CCN(CC=C)[P+](OC(c1ccccc1)(C(F)(F)F)C(F)(F)F)(N(CC=C)CC=C)N(CC=C)CC=C. The predicted molar refractivity (Wildman–Crippen MR) is 144 cm³/mol. The summed E-state index contributed by atoms with van der Waals surface area (Å²) < 4.78 is 99.9. The highest BCUT2D eigenvalue weighted by Crippen LogP contribution is 2.74. The van der Waals surface area contributed by atoms with Crippen LogP contribution in [0.2, 0.25) is 0 Å². The van der Waals surface area contributed by atoms with E-state index >= 15 is 0 Å². The molecule has 0 radical (unpaired) electrons. The van der Waals surface area contributed by atoms with Crippen molar-refractivity contribution in [2.75, 3.05) is 39.3 Å². The number of hydrogen-bond acceptors (Lipinski definition) is 4. The quantitative estimate of drug-likeness (QED) is 0.104. The summed E-state index contributed by atoms with van der Waals surface area (Å²) in [5.74, 6) is 0. The van der Waals surface area contributed by atoms with Gasteiger partial charge in [0.05, 0.1) is 39.3 Å². The third kappa shape index (κ3) is 6.93. The van der Waals surface area contributed by atoms with Crippen molar-refractivity contribution < 1.29 is 30.9 Å². The van der Waals surface area contributed by atoms with Gasteiger partial charge in [-0.3, -0.25) is 0 Å². The van der Waals surface area contributed by atoms with E-state index in [1.165, 1.54) is 56.5 Å². The van der Waals surface area contributed by atoms with Crippen molar-refractivity contribution in [1.29, 1.82) is 0 Å². The highest BCUT2D eigenvalue weighted by atomic mass is 31.2. The summed E-state index contributed by atoms with van der Waals surface area (Å²) in [6, 6.07) is 5.06. The van der Waals surface area contributed by atoms with E-state index in [1.54, 1.807) is 0 Å². The summed E-state index contributed by atoms with van der Waals surface area (Å²) in [5, 5.41) is 0. The Morgan fingerprint density at radius 3 is 1.11 bits per heavy atom. The topological polar surface area (TPSA) is 19.0 Å². The summed E-state index contributed by atoms with van der Waals surface area (Å²) in [6.07, 6.45) is -3.53. The fraction of sp³-hybridized carbons (Fsp3) is 0.333. The predicted octanol–water partition coefficient (Wildman–Crippen LogP) is 7.72. The van der Waals surface area contributed by atoms with Crippen molar-refractivity contribution in [2.24, 2.45) is 0 Å². The first-order valence-electron chi connectivity index (χ1n) is 11.6. The van der Waals surface area contributed by atoms with Crippen molar-refractivity contribution in [1.82, 2.24) is 14.0 Å². The summed E-state index contributed by atoms with van der Waals surface area (Å²) in [6.45, 7) is 21.4. The molecule has 1 rings (SSSR count). The Kier molecular flexibility index (Phi) is 12.9. The Morgan fingerprint density at radius 2 is 0.868 bits per heavy atom. The number of rotatable bonds is 18. The molecule has 0 bridgehead atoms. The summed E-state index contributed by atoms with van der Waals surface area (Å²) >= 11 is 0. The lowest BCUT2D eigenvalue weighted by atomic mass is 9.92. The Morgan fingerprint density at radius 1 is 0.579 bits per heavy atom. The van der Waals surface area contributed by atoms with Crippen LogP contribution in [-0.4, -0.2) is 65.6 Å². The van der Waals surface area contributed by atoms with Gasteiger partial charge in [-0.05, 0) is 0 Å². The third-order valence-electron chi connectivity index (χ3n) is 5.38. The van der Waals surface area contributed by atoms with Crippen LogP contribution in [0.3, 0.4) is 0 Å². The molecule has 0 spiro atoms. The number of nitrogens with zero attached hydrogens (tertiary/aromatic N) is 3. The van der Waals surface area contributed by atoms with Crippen LogP contribution < -0.4 is 0 Å². The number of alkyl halides is 6. The van der Waals surface area contributed by atoms with E-state index in [1.807, 2.05) is 0 Å². The van der Waals surface area contributed by atoms with Crippen molar-refractivity contribution in [3.05, 3.63) is 112 Å². The maximum atomic E-state index is 15.0. The zero-order valence-electron chi connectivity index (χ0n) is 21.3. The highest BCUT2D eigenvalue weighted by Gasteiger charge is 2.80. The van der Waals surface area contributed by atoms with Gasteiger partial charge in [0.15, 0.2) is 0 Å². The minimum absolute atomic E-state index is 0.115. The summed E-state index contributed by atoms with van der Waals surface area (Å²) in [4.78, 5) is 0. The molecule has 0 aliphatic carbocycles. The molecule has 11 heteroatoms. The molecule has 0 saturated heterocycles. The molecule has 0 N–H and O–H groups in total. The van der Waals surface area contributed by atoms with Crippen LogP contribution in [0.5, 0.6) is 0 Å². The minimum Gasteiger partial charge on any atom is -0.167 e. The molecule has 0 heterocycles. The van der Waals surface area contributed by atoms with Gasteiger partial charge in [-0.1, -0.05) is 66.8 Å². The molecule has 0 aliphatic rings. The van der Waals surface area contributed by atoms with Crippen LogP contribution >= 0.6 is 7.94 Å². The first kappa shape index (κ1) is 33.5. The molecule has 0 fully saturated rings. The van der Waals surface area contributed by atoms with Crippen LogP contribution in [0, 0.1) is 0 Å². The standard InChI is InChI=1S/C27H35F6N3OP/c1-7-18-34(19-8-2)38(35(20-9-3)21-10-4,36(22-11-5)23-12-6)37-25(26(28,29)30,27(31,32)33)24-16-14-13-15-17-24/h7-17H,1-6,18-23H2/q+1. The average Bonchev–Trinajstić information content (AvgIpc) is 2.84. The lowest BCUT2D eigenvalue weighted by Crippen LogP contribution is -2.60. The molecule has 0 aliphatic heterocycles. The average molecular weight is 563 g/mol. The van der Waals surface area contributed by atoms with Crippen LogP contribution in [0.1, 0.15) is 5.56 Å². The number of hydrogen-bond donors (Lipinski definition) is 0. The van der Waals surface area contributed by atoms with Gasteiger partial charge >= 0.3 is 25.9 Å². The summed E-state index contributed by atoms with van der Waals surface area (Å²) in [7, 11) is -4.27. The molecular formula is C27H35F6N3OP+. The van der Waals surface area contributed by atoms with Gasteiger partial charge < -0.3 is 0 Å². The maximum Gasteiger partial charge on any atom is 0.435 e. The minimum atomic E-state index is -5.91. The molecule has 1 aromatic rings. The van der Waals surface area contributed by atoms with Gasteiger partial charge in [-0.2, -0.15) is 26.3 Å². The lowest BCUT2D eigenvalue weighted by Gasteiger charge is -2.48. The van der Waals surface area contributed by atoms with E-state index in [0.29, 0.717) is 0 Å². The van der Waals surface area contributed by atoms with Gasteiger partial charge in [0.1, 0.15) is 0 Å². The fourth-order valence-corrected chi connectivity index (χ4v) is 8.04. The van der Waals surface area contributed by atoms with Gasteiger partial charge in [0.2, 0.25) is 0 Å². The fourth-order valence-electron chi connectivity index (χ4n) is 3.97. The van der Waals surface area contributed by atoms with Gasteiger partial charge in [-0.25, -0.2) is 0 Å². The zero-order chi connectivity index (χ0) is 29.0. The normalized spacial score (nSPS) is 13.0. The highest BCUT2D eigenvalue weighted by molar-refractivity contribution is 7.64. The monoisotopic (exact) mass is 562 g/mol. The molecule has 0 aromatic heterocycles. The van der Waals surface area contributed by atoms with Crippen LogP contribution in [0.15, 0.2) is 106 Å². The molecule has 38 heavy (non-hydrogen) atoms. The van der Waals surface area contributed by atoms with Crippen LogP contribution in [-0.2, 0) is 10.1 Å². The second-order valence-corrected chi connectivity index (χ2v) is 10.9. The molecule has 0 amide bonds. The Labute approximate surface area is 222 Å². The maximum absolute atomic E-state index is 15.0. The van der Waals surface area contributed by atoms with Crippen molar-refractivity contribution in [2.45, 2.75) is 18.0 Å². The zero-order valence-corrected chi connectivity index (χ0v) is 22.2. The van der Waals surface area contributed by atoms with Gasteiger partial charge in [0.25, 0.3) is 0 Å². The molecule has 0 atom stereocenters. The second kappa shape index (κ2) is 14.6. The Bertz CT molecular complexity index is 845. The molecule has 4 nitrogen and oxygen atoms in total. The van der Waals surface area contributed by atoms with E-state index < -0.39 is 31.5 Å². The smallest absolute Gasteiger partial charge is 0.167 e. The second-order valence-electron chi connectivity index (χ2n) is 7.99.